The minimum Gasteiger partial charge on any atom is -0.493 e. The van der Waals surface area contributed by atoms with Crippen molar-refractivity contribution in [1.82, 2.24) is 10.6 Å². The number of benzene rings is 1. The van der Waals surface area contributed by atoms with E-state index in [-0.39, 0.29) is 5.70 Å². The van der Waals surface area contributed by atoms with Gasteiger partial charge in [-0.15, -0.1) is 0 Å². The van der Waals surface area contributed by atoms with Gasteiger partial charge >= 0.3 is 6.03 Å². The van der Waals surface area contributed by atoms with Crippen molar-refractivity contribution in [1.29, 1.82) is 0 Å². The molecular formula is C16H20N2O4. The lowest BCUT2D eigenvalue weighted by molar-refractivity contribution is -0.115. The summed E-state index contributed by atoms with van der Waals surface area (Å²) in [6, 6.07) is 4.84. The van der Waals surface area contributed by atoms with E-state index < -0.39 is 11.9 Å². The SMILES string of the molecule is COc1cc(C=C2NC(=O)NC2=O)ccc1OCCC(C)C. The predicted octanol–water partition coefficient (Wildman–Crippen LogP) is 2.30. The van der Waals surface area contributed by atoms with Crippen LogP contribution in [-0.4, -0.2) is 25.7 Å². The van der Waals surface area contributed by atoms with E-state index in [4.69, 9.17) is 9.47 Å². The molecule has 0 aliphatic carbocycles. The number of carbonyl (C=O) groups excluding carboxylic acids is 2. The van der Waals surface area contributed by atoms with Gasteiger partial charge in [-0.2, -0.15) is 0 Å². The fourth-order valence-electron chi connectivity index (χ4n) is 1.95. The van der Waals surface area contributed by atoms with Crippen molar-refractivity contribution >= 4 is 18.0 Å². The van der Waals surface area contributed by atoms with Crippen molar-refractivity contribution in [3.8, 4) is 11.5 Å². The predicted molar refractivity (Wildman–Crippen MR) is 82.6 cm³/mol. The van der Waals surface area contributed by atoms with Crippen molar-refractivity contribution in [2.45, 2.75) is 20.3 Å². The highest BCUT2D eigenvalue weighted by Crippen LogP contribution is 2.29. The molecule has 1 aliphatic heterocycles. The Bertz CT molecular complexity index is 608. The molecule has 1 aromatic carbocycles. The Morgan fingerprint density at radius 2 is 1.95 bits per heavy atom. The summed E-state index contributed by atoms with van der Waals surface area (Å²) in [6.07, 6.45) is 2.54. The van der Waals surface area contributed by atoms with Crippen LogP contribution in [0.15, 0.2) is 23.9 Å². The molecule has 0 atom stereocenters. The third-order valence-electron chi connectivity index (χ3n) is 3.17. The molecule has 1 saturated heterocycles. The molecule has 0 bridgehead atoms. The molecule has 1 heterocycles. The molecule has 0 unspecified atom stereocenters. The number of methoxy groups -OCH3 is 1. The standard InChI is InChI=1S/C16H20N2O4/c1-10(2)6-7-22-13-5-4-11(9-14(13)21-3)8-12-15(19)18-16(20)17-12/h4-5,8-10H,6-7H2,1-3H3,(H2,17,18,19,20). The normalized spacial score (nSPS) is 15.9. The van der Waals surface area contributed by atoms with Gasteiger partial charge in [-0.25, -0.2) is 4.79 Å². The van der Waals surface area contributed by atoms with Gasteiger partial charge in [0.1, 0.15) is 5.70 Å². The molecule has 1 aromatic rings. The van der Waals surface area contributed by atoms with Gasteiger partial charge in [0.2, 0.25) is 0 Å². The molecule has 0 spiro atoms. The molecular weight excluding hydrogens is 284 g/mol. The van der Waals surface area contributed by atoms with E-state index in [2.05, 4.69) is 24.5 Å². The molecule has 2 rings (SSSR count). The average Bonchev–Trinajstić information content (AvgIpc) is 2.77. The summed E-state index contributed by atoms with van der Waals surface area (Å²) in [4.78, 5) is 22.6. The fourth-order valence-corrected chi connectivity index (χ4v) is 1.95. The van der Waals surface area contributed by atoms with Crippen LogP contribution >= 0.6 is 0 Å². The number of carbonyl (C=O) groups is 2. The number of hydrogen-bond acceptors (Lipinski definition) is 4. The van der Waals surface area contributed by atoms with Gasteiger partial charge in [0.05, 0.1) is 13.7 Å². The number of hydrogen-bond donors (Lipinski definition) is 2. The van der Waals surface area contributed by atoms with Crippen LogP contribution in [0.4, 0.5) is 4.79 Å². The van der Waals surface area contributed by atoms with Crippen molar-refractivity contribution in [2.75, 3.05) is 13.7 Å². The Balaban J connectivity index is 2.13. The number of imide groups is 1. The van der Waals surface area contributed by atoms with E-state index >= 15 is 0 Å². The molecule has 22 heavy (non-hydrogen) atoms. The van der Waals surface area contributed by atoms with Gasteiger partial charge in [0, 0.05) is 0 Å². The summed E-state index contributed by atoms with van der Waals surface area (Å²) in [5, 5.41) is 4.59. The third-order valence-corrected chi connectivity index (χ3v) is 3.17. The van der Waals surface area contributed by atoms with Crippen LogP contribution in [0.5, 0.6) is 11.5 Å². The Kier molecular flexibility index (Phi) is 5.04. The molecule has 6 heteroatoms. The molecule has 0 saturated carbocycles. The highest BCUT2D eigenvalue weighted by atomic mass is 16.5. The van der Waals surface area contributed by atoms with E-state index in [1.807, 2.05) is 0 Å². The third kappa shape index (κ3) is 4.00. The Hall–Kier alpha value is -2.50. The lowest BCUT2D eigenvalue weighted by Gasteiger charge is -2.12. The summed E-state index contributed by atoms with van der Waals surface area (Å²) in [6.45, 7) is 4.89. The largest absolute Gasteiger partial charge is 0.493 e. The van der Waals surface area contributed by atoms with Crippen LogP contribution < -0.4 is 20.1 Å². The second kappa shape index (κ2) is 6.98. The summed E-state index contributed by atoms with van der Waals surface area (Å²) in [7, 11) is 1.56. The number of ether oxygens (including phenoxy) is 2. The van der Waals surface area contributed by atoms with Crippen molar-refractivity contribution in [3.05, 3.63) is 29.5 Å². The Morgan fingerprint density at radius 1 is 1.18 bits per heavy atom. The number of urea groups is 1. The number of nitrogens with one attached hydrogen (secondary N) is 2. The smallest absolute Gasteiger partial charge is 0.326 e. The number of rotatable bonds is 6. The quantitative estimate of drug-likeness (QED) is 0.624. The number of amides is 3. The van der Waals surface area contributed by atoms with Crippen LogP contribution in [0.25, 0.3) is 6.08 Å². The van der Waals surface area contributed by atoms with E-state index in [9.17, 15) is 9.59 Å². The molecule has 2 N–H and O–H groups in total. The molecule has 0 radical (unpaired) electrons. The summed E-state index contributed by atoms with van der Waals surface area (Å²) < 4.78 is 11.0. The molecule has 118 valence electrons. The topological polar surface area (TPSA) is 76.7 Å². The molecule has 0 aromatic heterocycles. The van der Waals surface area contributed by atoms with E-state index in [0.29, 0.717) is 24.0 Å². The van der Waals surface area contributed by atoms with Crippen LogP contribution in [-0.2, 0) is 4.79 Å². The van der Waals surface area contributed by atoms with Crippen LogP contribution in [0.1, 0.15) is 25.8 Å². The molecule has 3 amide bonds. The van der Waals surface area contributed by atoms with E-state index in [0.717, 1.165) is 12.0 Å². The first-order chi connectivity index (χ1) is 10.5. The maximum absolute atomic E-state index is 11.5. The highest BCUT2D eigenvalue weighted by Gasteiger charge is 2.22. The first-order valence-corrected chi connectivity index (χ1v) is 7.14. The van der Waals surface area contributed by atoms with Gasteiger partial charge in [0.25, 0.3) is 5.91 Å². The van der Waals surface area contributed by atoms with Gasteiger partial charge < -0.3 is 14.8 Å². The highest BCUT2D eigenvalue weighted by molar-refractivity contribution is 6.13. The zero-order valence-corrected chi connectivity index (χ0v) is 12.9. The monoisotopic (exact) mass is 304 g/mol. The van der Waals surface area contributed by atoms with Crippen molar-refractivity contribution in [2.24, 2.45) is 5.92 Å². The lowest BCUT2D eigenvalue weighted by atomic mass is 10.1. The summed E-state index contributed by atoms with van der Waals surface area (Å²) in [5.41, 5.74) is 0.945. The minimum atomic E-state index is -0.517. The fraction of sp³-hybridized carbons (Fsp3) is 0.375. The minimum absolute atomic E-state index is 0.209. The zero-order valence-electron chi connectivity index (χ0n) is 12.9. The molecule has 1 aliphatic rings. The molecule has 6 nitrogen and oxygen atoms in total. The first kappa shape index (κ1) is 15.9. The second-order valence-corrected chi connectivity index (χ2v) is 5.41. The van der Waals surface area contributed by atoms with Crippen LogP contribution in [0, 0.1) is 5.92 Å². The van der Waals surface area contributed by atoms with Gasteiger partial charge in [-0.3, -0.25) is 10.1 Å². The maximum atomic E-state index is 11.5. The summed E-state index contributed by atoms with van der Waals surface area (Å²) in [5.74, 6) is 1.37. The first-order valence-electron chi connectivity index (χ1n) is 7.14. The van der Waals surface area contributed by atoms with Gasteiger partial charge in [0.15, 0.2) is 11.5 Å². The van der Waals surface area contributed by atoms with E-state index in [1.54, 1.807) is 31.4 Å². The zero-order chi connectivity index (χ0) is 16.1. The van der Waals surface area contributed by atoms with Gasteiger partial charge in [-0.1, -0.05) is 19.9 Å². The molecule has 1 fully saturated rings. The van der Waals surface area contributed by atoms with E-state index in [1.165, 1.54) is 0 Å². The lowest BCUT2D eigenvalue weighted by Crippen LogP contribution is -2.22. The van der Waals surface area contributed by atoms with Crippen molar-refractivity contribution < 1.29 is 19.1 Å². The van der Waals surface area contributed by atoms with Crippen molar-refractivity contribution in [3.63, 3.8) is 0 Å². The maximum Gasteiger partial charge on any atom is 0.326 e. The Labute approximate surface area is 129 Å². The second-order valence-electron chi connectivity index (χ2n) is 5.41. The summed E-state index contributed by atoms with van der Waals surface area (Å²) >= 11 is 0. The van der Waals surface area contributed by atoms with Crippen LogP contribution in [0.2, 0.25) is 0 Å². The van der Waals surface area contributed by atoms with Crippen LogP contribution in [0.3, 0.4) is 0 Å². The average molecular weight is 304 g/mol. The Morgan fingerprint density at radius 3 is 2.55 bits per heavy atom. The van der Waals surface area contributed by atoms with Gasteiger partial charge in [-0.05, 0) is 36.1 Å².